The molecule has 6 rings (SSSR count). The molecule has 15 heteroatoms. The monoisotopic (exact) mass is 626 g/mol. The van der Waals surface area contributed by atoms with Crippen molar-refractivity contribution in [3.8, 4) is 0 Å². The van der Waals surface area contributed by atoms with Crippen molar-refractivity contribution in [2.75, 3.05) is 4.72 Å². The number of rotatable bonds is 9. The van der Waals surface area contributed by atoms with Gasteiger partial charge in [0.05, 0.1) is 12.2 Å². The molecule has 5 aromatic rings. The van der Waals surface area contributed by atoms with Crippen molar-refractivity contribution in [1.82, 2.24) is 33.9 Å². The van der Waals surface area contributed by atoms with Crippen molar-refractivity contribution >= 4 is 38.6 Å². The molecule has 224 valence electrons. The number of nitrogens with zero attached hydrogens (tertiary/aromatic N) is 6. The normalized spacial score (nSPS) is 13.9. The molecule has 1 aromatic carbocycles. The summed E-state index contributed by atoms with van der Waals surface area (Å²) in [7, 11) is -2.49. The van der Waals surface area contributed by atoms with E-state index in [1.807, 2.05) is 0 Å². The molecule has 0 radical (unpaired) electrons. The molecule has 1 saturated carbocycles. The summed E-state index contributed by atoms with van der Waals surface area (Å²) in [5.41, 5.74) is 0.460. The summed E-state index contributed by atoms with van der Waals surface area (Å²) < 4.78 is 46.5. The van der Waals surface area contributed by atoms with Crippen LogP contribution in [-0.4, -0.2) is 42.3 Å². The topological polar surface area (TPSA) is 150 Å². The number of halogens is 2. The minimum absolute atomic E-state index is 0.0183. The number of imidazole rings is 1. The Morgan fingerprint density at radius 2 is 1.91 bits per heavy atom. The van der Waals surface area contributed by atoms with Crippen LogP contribution in [0, 0.1) is 18.7 Å². The van der Waals surface area contributed by atoms with Gasteiger partial charge >= 0.3 is 5.69 Å². The molecule has 4 heterocycles. The van der Waals surface area contributed by atoms with Crippen molar-refractivity contribution < 1.29 is 12.8 Å². The first-order chi connectivity index (χ1) is 20.5. The Morgan fingerprint density at radius 1 is 1.14 bits per heavy atom. The number of benzene rings is 1. The van der Waals surface area contributed by atoms with Gasteiger partial charge in [0, 0.05) is 31.8 Å². The SMILES string of the molecule is Cc1nn(C)c(Cl)c1S(=O)(=O)Nc1ccc(Cc2nc3c([nH]2)c(=O)n(Cc2ccccc2F)c(=O)n3CC2CCC2)cn1. The van der Waals surface area contributed by atoms with E-state index in [1.165, 1.54) is 27.6 Å². The second-order valence-corrected chi connectivity index (χ2v) is 12.7. The number of aryl methyl sites for hydroxylation is 2. The van der Waals surface area contributed by atoms with Crippen molar-refractivity contribution in [3.05, 3.63) is 97.0 Å². The average molecular weight is 627 g/mol. The lowest BCUT2D eigenvalue weighted by Crippen LogP contribution is -2.42. The Kier molecular flexibility index (Phi) is 7.42. The summed E-state index contributed by atoms with van der Waals surface area (Å²) >= 11 is 6.13. The van der Waals surface area contributed by atoms with Crippen LogP contribution in [0.3, 0.4) is 0 Å². The first-order valence-corrected chi connectivity index (χ1v) is 15.5. The van der Waals surface area contributed by atoms with E-state index in [9.17, 15) is 22.4 Å². The lowest BCUT2D eigenvalue weighted by molar-refractivity contribution is 0.273. The van der Waals surface area contributed by atoms with Crippen LogP contribution in [0.25, 0.3) is 11.2 Å². The van der Waals surface area contributed by atoms with Gasteiger partial charge in [-0.2, -0.15) is 5.10 Å². The minimum Gasteiger partial charge on any atom is -0.336 e. The van der Waals surface area contributed by atoms with Crippen molar-refractivity contribution in [2.45, 2.75) is 50.6 Å². The molecule has 0 unspecified atom stereocenters. The highest BCUT2D eigenvalue weighted by Gasteiger charge is 2.26. The number of hydrogen-bond donors (Lipinski definition) is 2. The van der Waals surface area contributed by atoms with E-state index < -0.39 is 27.1 Å². The van der Waals surface area contributed by atoms with Crippen molar-refractivity contribution in [2.24, 2.45) is 13.0 Å². The molecule has 4 aromatic heterocycles. The van der Waals surface area contributed by atoms with E-state index in [4.69, 9.17) is 11.6 Å². The third-order valence-corrected chi connectivity index (χ3v) is 9.72. The van der Waals surface area contributed by atoms with E-state index in [0.717, 1.165) is 23.8 Å². The zero-order chi connectivity index (χ0) is 30.5. The van der Waals surface area contributed by atoms with E-state index in [2.05, 4.69) is 24.8 Å². The predicted molar refractivity (Wildman–Crippen MR) is 158 cm³/mol. The fourth-order valence-electron chi connectivity index (χ4n) is 5.22. The lowest BCUT2D eigenvalue weighted by Gasteiger charge is -2.26. The van der Waals surface area contributed by atoms with Gasteiger partial charge in [0.25, 0.3) is 15.6 Å². The second kappa shape index (κ2) is 11.1. The van der Waals surface area contributed by atoms with Crippen LogP contribution in [0.15, 0.2) is 57.1 Å². The zero-order valence-electron chi connectivity index (χ0n) is 23.3. The summed E-state index contributed by atoms with van der Waals surface area (Å²) in [6, 6.07) is 9.22. The number of pyridine rings is 1. The molecule has 1 aliphatic carbocycles. The maximum atomic E-state index is 14.4. The van der Waals surface area contributed by atoms with Gasteiger partial charge in [-0.1, -0.05) is 42.3 Å². The number of fused-ring (bicyclic) bond motifs is 1. The van der Waals surface area contributed by atoms with E-state index >= 15 is 0 Å². The van der Waals surface area contributed by atoms with Gasteiger partial charge in [-0.3, -0.25) is 23.3 Å². The number of aromatic nitrogens is 7. The van der Waals surface area contributed by atoms with Gasteiger partial charge in [-0.15, -0.1) is 0 Å². The first-order valence-electron chi connectivity index (χ1n) is 13.6. The van der Waals surface area contributed by atoms with E-state index in [0.29, 0.717) is 23.9 Å². The Balaban J connectivity index is 1.30. The van der Waals surface area contributed by atoms with Gasteiger partial charge in [0.15, 0.2) is 5.65 Å². The van der Waals surface area contributed by atoms with Crippen LogP contribution < -0.4 is 16.0 Å². The van der Waals surface area contributed by atoms with Gasteiger partial charge in [0.1, 0.15) is 33.0 Å². The highest BCUT2D eigenvalue weighted by molar-refractivity contribution is 7.92. The summed E-state index contributed by atoms with van der Waals surface area (Å²) in [6.45, 7) is 1.75. The van der Waals surface area contributed by atoms with Crippen LogP contribution in [0.1, 0.15) is 41.9 Å². The Hall–Kier alpha value is -4.30. The van der Waals surface area contributed by atoms with Gasteiger partial charge in [0.2, 0.25) is 0 Å². The quantitative estimate of drug-likeness (QED) is 0.255. The summed E-state index contributed by atoms with van der Waals surface area (Å²) in [5.74, 6) is 0.302. The largest absolute Gasteiger partial charge is 0.336 e. The standard InChI is InChI=1S/C28H28ClFN8O4S/c1-16-24(25(29)36(2)34-16)43(41,42)35-21-11-10-18(13-31-21)12-22-32-23-26(33-22)37(14-17-6-5-7-17)28(40)38(27(23)39)15-19-8-3-4-9-20(19)30/h3-4,8-11,13,17H,5-7,12,14-15H2,1-2H3,(H,31,35)(H,32,33). The third kappa shape index (κ3) is 5.47. The fourth-order valence-corrected chi connectivity index (χ4v) is 6.98. The number of H-pyrrole nitrogens is 1. The van der Waals surface area contributed by atoms with Crippen LogP contribution >= 0.6 is 11.6 Å². The molecule has 0 amide bonds. The fraction of sp³-hybridized carbons (Fsp3) is 0.321. The van der Waals surface area contributed by atoms with Crippen LogP contribution in [0.2, 0.25) is 5.15 Å². The molecule has 1 aliphatic rings. The third-order valence-electron chi connectivity index (χ3n) is 7.67. The molecule has 0 aliphatic heterocycles. The van der Waals surface area contributed by atoms with Gasteiger partial charge in [-0.05, 0) is 43.4 Å². The number of hydrogen-bond acceptors (Lipinski definition) is 7. The van der Waals surface area contributed by atoms with E-state index in [-0.39, 0.29) is 51.3 Å². The molecule has 12 nitrogen and oxygen atoms in total. The smallest absolute Gasteiger partial charge is 0.333 e. The molecular weight excluding hydrogens is 599 g/mol. The number of aromatic amines is 1. The summed E-state index contributed by atoms with van der Waals surface area (Å²) in [6.07, 6.45) is 4.75. The van der Waals surface area contributed by atoms with Crippen molar-refractivity contribution in [3.63, 3.8) is 0 Å². The van der Waals surface area contributed by atoms with Crippen LogP contribution in [-0.2, 0) is 36.6 Å². The Labute approximate surface area is 250 Å². The molecule has 43 heavy (non-hydrogen) atoms. The van der Waals surface area contributed by atoms with Gasteiger partial charge < -0.3 is 4.98 Å². The van der Waals surface area contributed by atoms with Crippen LogP contribution in [0.5, 0.6) is 0 Å². The molecule has 1 fully saturated rings. The number of sulfonamides is 1. The zero-order valence-corrected chi connectivity index (χ0v) is 24.9. The van der Waals surface area contributed by atoms with E-state index in [1.54, 1.807) is 38.2 Å². The molecule has 0 atom stereocenters. The summed E-state index contributed by atoms with van der Waals surface area (Å²) in [4.78, 5) is 38.8. The maximum Gasteiger partial charge on any atom is 0.333 e. The van der Waals surface area contributed by atoms with Crippen LogP contribution in [0.4, 0.5) is 10.2 Å². The summed E-state index contributed by atoms with van der Waals surface area (Å²) in [5, 5.41) is 4.02. The highest BCUT2D eigenvalue weighted by atomic mass is 35.5. The lowest BCUT2D eigenvalue weighted by atomic mass is 9.85. The molecule has 0 bridgehead atoms. The molecule has 0 saturated heterocycles. The van der Waals surface area contributed by atoms with Gasteiger partial charge in [-0.25, -0.2) is 27.6 Å². The van der Waals surface area contributed by atoms with Crippen molar-refractivity contribution in [1.29, 1.82) is 0 Å². The minimum atomic E-state index is -4.03. The molecule has 0 spiro atoms. The molecular formula is C28H28ClFN8O4S. The highest BCUT2D eigenvalue weighted by Crippen LogP contribution is 2.28. The average Bonchev–Trinajstić information content (AvgIpc) is 3.47. The molecule has 2 N–H and O–H groups in total. The Bertz CT molecular complexity index is 2080. The first kappa shape index (κ1) is 28.8. The second-order valence-electron chi connectivity index (χ2n) is 10.7. The number of nitrogens with one attached hydrogen (secondary N) is 2. The number of anilines is 1. The predicted octanol–water partition coefficient (Wildman–Crippen LogP) is 3.36. The Morgan fingerprint density at radius 3 is 2.53 bits per heavy atom. The maximum absolute atomic E-state index is 14.4.